The van der Waals surface area contributed by atoms with Gasteiger partial charge in [-0.2, -0.15) is 0 Å². The van der Waals surface area contributed by atoms with Crippen LogP contribution in [0.2, 0.25) is 0 Å². The van der Waals surface area contributed by atoms with E-state index in [1.807, 2.05) is 81.4 Å². The second-order valence-electron chi connectivity index (χ2n) is 5.49. The van der Waals surface area contributed by atoms with Gasteiger partial charge in [0.2, 0.25) is 0 Å². The van der Waals surface area contributed by atoms with Crippen LogP contribution in [0.15, 0.2) is 60.7 Å². The van der Waals surface area contributed by atoms with Crippen LogP contribution in [0.3, 0.4) is 0 Å². The topological polar surface area (TPSA) is 47.6 Å². The third kappa shape index (κ3) is 4.78. The Bertz CT molecular complexity index is 638. The Balaban J connectivity index is 2.34. The molecule has 0 aliphatic carbocycles. The third-order valence-electron chi connectivity index (χ3n) is 3.76. The molecule has 2 aromatic carbocycles. The molecule has 1 unspecified atom stereocenters. The van der Waals surface area contributed by atoms with Gasteiger partial charge < -0.3 is 9.05 Å². The zero-order valence-electron chi connectivity index (χ0n) is 14.5. The quantitative estimate of drug-likeness (QED) is 0.625. The zero-order valence-corrected chi connectivity index (χ0v) is 15.4. The number of hydrogen-bond donors (Lipinski definition) is 1. The van der Waals surface area contributed by atoms with Crippen LogP contribution in [0, 0.1) is 0 Å². The van der Waals surface area contributed by atoms with Gasteiger partial charge in [0.05, 0.1) is 13.2 Å². The maximum Gasteiger partial charge on any atom is 0.351 e. The van der Waals surface area contributed by atoms with Crippen molar-refractivity contribution in [2.75, 3.05) is 13.2 Å². The molecule has 0 spiro atoms. The lowest BCUT2D eigenvalue weighted by Gasteiger charge is -2.30. The van der Waals surface area contributed by atoms with E-state index in [2.05, 4.69) is 5.32 Å². The molecule has 0 fully saturated rings. The molecule has 2 aromatic rings. The molecule has 5 heteroatoms. The van der Waals surface area contributed by atoms with Gasteiger partial charge in [-0.3, -0.25) is 9.88 Å². The fourth-order valence-electron chi connectivity index (χ4n) is 2.63. The second-order valence-corrected chi connectivity index (χ2v) is 7.60. The van der Waals surface area contributed by atoms with Crippen molar-refractivity contribution < 1.29 is 13.6 Å². The summed E-state index contributed by atoms with van der Waals surface area (Å²) in [7, 11) is -3.34. The molecule has 0 aromatic heterocycles. The largest absolute Gasteiger partial charge is 0.351 e. The standard InChI is InChI=1S/C19H26NO3P/c1-4-22-24(21,23-5-2)19(18-14-10-7-11-15-18)20-16(3)17-12-8-6-9-13-17/h6-16,19-20H,4-5H2,1-3H3/t16-,19?/m0/s1. The van der Waals surface area contributed by atoms with Gasteiger partial charge in [-0.1, -0.05) is 60.7 Å². The maximum atomic E-state index is 13.4. The van der Waals surface area contributed by atoms with E-state index in [1.165, 1.54) is 0 Å². The van der Waals surface area contributed by atoms with E-state index in [0.29, 0.717) is 13.2 Å². The monoisotopic (exact) mass is 347 g/mol. The Kier molecular flexibility index (Phi) is 7.19. The summed E-state index contributed by atoms with van der Waals surface area (Å²) in [6.07, 6.45) is 0. The van der Waals surface area contributed by atoms with Crippen molar-refractivity contribution in [1.82, 2.24) is 5.32 Å². The lowest BCUT2D eigenvalue weighted by atomic mass is 10.1. The van der Waals surface area contributed by atoms with E-state index in [1.54, 1.807) is 0 Å². The van der Waals surface area contributed by atoms with Gasteiger partial charge in [-0.15, -0.1) is 0 Å². The van der Waals surface area contributed by atoms with E-state index in [0.717, 1.165) is 11.1 Å². The van der Waals surface area contributed by atoms with Crippen LogP contribution in [0.1, 0.15) is 43.7 Å². The number of nitrogens with one attached hydrogen (secondary N) is 1. The van der Waals surface area contributed by atoms with E-state index in [9.17, 15) is 4.57 Å². The smallest absolute Gasteiger partial charge is 0.308 e. The first-order valence-electron chi connectivity index (χ1n) is 8.35. The molecule has 1 N–H and O–H groups in total. The molecule has 0 saturated heterocycles. The van der Waals surface area contributed by atoms with Gasteiger partial charge in [0, 0.05) is 6.04 Å². The van der Waals surface area contributed by atoms with Gasteiger partial charge in [0.15, 0.2) is 0 Å². The van der Waals surface area contributed by atoms with Gasteiger partial charge in [0.1, 0.15) is 5.78 Å². The van der Waals surface area contributed by atoms with Crippen molar-refractivity contribution in [2.45, 2.75) is 32.6 Å². The highest BCUT2D eigenvalue weighted by Crippen LogP contribution is 2.60. The number of benzene rings is 2. The Morgan fingerprint density at radius 1 is 0.875 bits per heavy atom. The fourth-order valence-corrected chi connectivity index (χ4v) is 4.66. The highest BCUT2D eigenvalue weighted by atomic mass is 31.2. The van der Waals surface area contributed by atoms with Gasteiger partial charge in [0.25, 0.3) is 0 Å². The first-order chi connectivity index (χ1) is 11.6. The maximum absolute atomic E-state index is 13.4. The molecule has 0 aliphatic heterocycles. The molecule has 2 rings (SSSR count). The van der Waals surface area contributed by atoms with Crippen molar-refractivity contribution in [1.29, 1.82) is 0 Å². The lowest BCUT2D eigenvalue weighted by Crippen LogP contribution is -2.26. The normalized spacial score (nSPS) is 14.3. The molecular weight excluding hydrogens is 321 g/mol. The highest BCUT2D eigenvalue weighted by molar-refractivity contribution is 7.54. The predicted molar refractivity (Wildman–Crippen MR) is 98.0 cm³/mol. The van der Waals surface area contributed by atoms with Gasteiger partial charge in [-0.05, 0) is 31.9 Å². The summed E-state index contributed by atoms with van der Waals surface area (Å²) in [6, 6.07) is 19.8. The molecule has 24 heavy (non-hydrogen) atoms. The minimum Gasteiger partial charge on any atom is -0.308 e. The molecule has 0 saturated carbocycles. The first kappa shape index (κ1) is 18.9. The molecule has 0 bridgehead atoms. The molecule has 130 valence electrons. The Morgan fingerprint density at radius 2 is 1.33 bits per heavy atom. The molecule has 0 aliphatic rings. The minimum atomic E-state index is -3.34. The Morgan fingerprint density at radius 3 is 1.79 bits per heavy atom. The summed E-state index contributed by atoms with van der Waals surface area (Å²) in [5.74, 6) is -0.520. The van der Waals surface area contributed by atoms with Crippen molar-refractivity contribution in [2.24, 2.45) is 0 Å². The van der Waals surface area contributed by atoms with E-state index in [-0.39, 0.29) is 6.04 Å². The van der Waals surface area contributed by atoms with Crippen LogP contribution in [0.25, 0.3) is 0 Å². The van der Waals surface area contributed by atoms with E-state index >= 15 is 0 Å². The third-order valence-corrected chi connectivity index (χ3v) is 6.07. The van der Waals surface area contributed by atoms with Crippen molar-refractivity contribution in [3.63, 3.8) is 0 Å². The molecule has 0 amide bonds. The summed E-state index contributed by atoms with van der Waals surface area (Å²) in [4.78, 5) is 0. The lowest BCUT2D eigenvalue weighted by molar-refractivity contribution is 0.205. The van der Waals surface area contributed by atoms with Crippen LogP contribution in [-0.2, 0) is 13.6 Å². The average Bonchev–Trinajstić information content (AvgIpc) is 2.61. The Hall–Kier alpha value is -1.45. The molecule has 0 heterocycles. The van der Waals surface area contributed by atoms with Crippen LogP contribution in [-0.4, -0.2) is 13.2 Å². The van der Waals surface area contributed by atoms with Crippen molar-refractivity contribution in [3.05, 3.63) is 71.8 Å². The second kappa shape index (κ2) is 9.14. The Labute approximate surface area is 144 Å². The van der Waals surface area contributed by atoms with Crippen LogP contribution in [0.5, 0.6) is 0 Å². The minimum absolute atomic E-state index is 0.00523. The van der Waals surface area contributed by atoms with E-state index < -0.39 is 13.4 Å². The summed E-state index contributed by atoms with van der Waals surface area (Å²) in [5.41, 5.74) is 2.02. The van der Waals surface area contributed by atoms with Crippen LogP contribution < -0.4 is 5.32 Å². The molecular formula is C19H26NO3P. The highest BCUT2D eigenvalue weighted by Gasteiger charge is 2.37. The summed E-state index contributed by atoms with van der Waals surface area (Å²) in [5, 5.41) is 3.45. The summed E-state index contributed by atoms with van der Waals surface area (Å²) < 4.78 is 24.6. The van der Waals surface area contributed by atoms with Crippen molar-refractivity contribution in [3.8, 4) is 0 Å². The number of rotatable bonds is 9. The fraction of sp³-hybridized carbons (Fsp3) is 0.368. The molecule has 2 atom stereocenters. The van der Waals surface area contributed by atoms with Gasteiger partial charge >= 0.3 is 7.60 Å². The summed E-state index contributed by atoms with van der Waals surface area (Å²) >= 11 is 0. The van der Waals surface area contributed by atoms with Crippen LogP contribution in [0.4, 0.5) is 0 Å². The molecule has 4 nitrogen and oxygen atoms in total. The van der Waals surface area contributed by atoms with E-state index in [4.69, 9.17) is 9.05 Å². The SMILES string of the molecule is CCOP(=O)(OCC)C(N[C@@H](C)c1ccccc1)c1ccccc1. The zero-order chi connectivity index (χ0) is 17.4. The van der Waals surface area contributed by atoms with Crippen LogP contribution >= 0.6 is 7.60 Å². The first-order valence-corrected chi connectivity index (χ1v) is 9.96. The molecule has 0 radical (unpaired) electrons. The predicted octanol–water partition coefficient (Wildman–Crippen LogP) is 5.30. The number of hydrogen-bond acceptors (Lipinski definition) is 4. The average molecular weight is 347 g/mol. The van der Waals surface area contributed by atoms with Crippen molar-refractivity contribution >= 4 is 7.60 Å². The van der Waals surface area contributed by atoms with Gasteiger partial charge in [-0.25, -0.2) is 0 Å². The summed E-state index contributed by atoms with van der Waals surface area (Å²) in [6.45, 7) is 6.38.